The number of benzene rings is 1. The second-order valence-corrected chi connectivity index (χ2v) is 2.96. The third-order valence-corrected chi connectivity index (χ3v) is 1.97. The molecule has 0 unspecified atom stereocenters. The van der Waals surface area contributed by atoms with E-state index in [1.165, 1.54) is 0 Å². The van der Waals surface area contributed by atoms with E-state index in [1.54, 1.807) is 0 Å². The van der Waals surface area contributed by atoms with Gasteiger partial charge in [-0.25, -0.2) is 4.79 Å². The van der Waals surface area contributed by atoms with Crippen molar-refractivity contribution in [3.05, 3.63) is 29.3 Å². The molecule has 14 heavy (non-hydrogen) atoms. The van der Waals surface area contributed by atoms with Gasteiger partial charge in [0.25, 0.3) is 0 Å². The summed E-state index contributed by atoms with van der Waals surface area (Å²) in [5.41, 5.74) is 1.79. The molecule has 1 rings (SSSR count). The van der Waals surface area contributed by atoms with Gasteiger partial charge in [-0.3, -0.25) is 4.79 Å². The smallest absolute Gasteiger partial charge is 0.376 e. The second-order valence-electron chi connectivity index (χ2n) is 2.96. The predicted molar refractivity (Wildman–Crippen MR) is 52.3 cm³/mol. The zero-order valence-electron chi connectivity index (χ0n) is 8.24. The summed E-state index contributed by atoms with van der Waals surface area (Å²) in [7, 11) is 0. The minimum atomic E-state index is -0.853. The molecule has 0 fully saturated rings. The number of carbonyl (C=O) groups is 2. The summed E-state index contributed by atoms with van der Waals surface area (Å²) in [4.78, 5) is 21.0. The predicted octanol–water partition coefficient (Wildman–Crippen LogP) is 1.66. The van der Waals surface area contributed by atoms with Crippen molar-refractivity contribution >= 4 is 12.3 Å². The molecule has 74 valence electrons. The standard InChI is InChI=1S/C11H12O3/c1-3-9-6-4-5-8(2)11(9)14-10(13)7-12/h4-7H,3H2,1-2H3. The maximum atomic E-state index is 10.8. The van der Waals surface area contributed by atoms with Crippen LogP contribution in [0.15, 0.2) is 18.2 Å². The Kier molecular flexibility index (Phi) is 3.40. The van der Waals surface area contributed by atoms with Crippen molar-refractivity contribution in [1.29, 1.82) is 0 Å². The maximum absolute atomic E-state index is 10.8. The van der Waals surface area contributed by atoms with Crippen LogP contribution in [-0.4, -0.2) is 12.3 Å². The number of ether oxygens (including phenoxy) is 1. The minimum absolute atomic E-state index is 0.172. The van der Waals surface area contributed by atoms with Crippen LogP contribution in [0, 0.1) is 6.92 Å². The summed E-state index contributed by atoms with van der Waals surface area (Å²) in [6, 6.07) is 5.61. The van der Waals surface area contributed by atoms with Gasteiger partial charge in [-0.05, 0) is 24.5 Å². The Labute approximate surface area is 82.7 Å². The number of esters is 1. The highest BCUT2D eigenvalue weighted by molar-refractivity contribution is 6.21. The molecular weight excluding hydrogens is 180 g/mol. The van der Waals surface area contributed by atoms with Gasteiger partial charge in [0.1, 0.15) is 5.75 Å². The lowest BCUT2D eigenvalue weighted by molar-refractivity contribution is -0.141. The Morgan fingerprint density at radius 3 is 2.79 bits per heavy atom. The van der Waals surface area contributed by atoms with Gasteiger partial charge in [0.15, 0.2) is 0 Å². The topological polar surface area (TPSA) is 43.4 Å². The molecule has 0 saturated carbocycles. The summed E-state index contributed by atoms with van der Waals surface area (Å²) < 4.78 is 4.91. The molecule has 0 bridgehead atoms. The SMILES string of the molecule is CCc1cccc(C)c1OC(=O)C=O. The third-order valence-electron chi connectivity index (χ3n) is 1.97. The summed E-state index contributed by atoms with van der Waals surface area (Å²) in [6.45, 7) is 3.81. The number of aldehydes is 1. The lowest BCUT2D eigenvalue weighted by Crippen LogP contribution is -2.10. The number of carbonyl (C=O) groups excluding carboxylic acids is 2. The van der Waals surface area contributed by atoms with Gasteiger partial charge >= 0.3 is 5.97 Å². The van der Waals surface area contributed by atoms with Crippen molar-refractivity contribution in [2.75, 3.05) is 0 Å². The average molecular weight is 192 g/mol. The van der Waals surface area contributed by atoms with Crippen molar-refractivity contribution < 1.29 is 14.3 Å². The fourth-order valence-electron chi connectivity index (χ4n) is 1.26. The zero-order valence-corrected chi connectivity index (χ0v) is 8.24. The molecule has 0 N–H and O–H groups in total. The molecule has 1 aromatic carbocycles. The largest absolute Gasteiger partial charge is 0.420 e. The fourth-order valence-corrected chi connectivity index (χ4v) is 1.26. The first-order valence-electron chi connectivity index (χ1n) is 4.44. The highest BCUT2D eigenvalue weighted by Gasteiger charge is 2.09. The van der Waals surface area contributed by atoms with Gasteiger partial charge in [0.05, 0.1) is 0 Å². The van der Waals surface area contributed by atoms with Crippen LogP contribution in [0.2, 0.25) is 0 Å². The number of aryl methyl sites for hydroxylation is 2. The molecule has 0 saturated heterocycles. The van der Waals surface area contributed by atoms with Gasteiger partial charge < -0.3 is 4.74 Å². The van der Waals surface area contributed by atoms with Crippen LogP contribution in [-0.2, 0) is 16.0 Å². The molecule has 0 aliphatic rings. The first kappa shape index (κ1) is 10.4. The third kappa shape index (κ3) is 2.19. The van der Waals surface area contributed by atoms with Crippen molar-refractivity contribution in [2.45, 2.75) is 20.3 Å². The second kappa shape index (κ2) is 4.56. The van der Waals surface area contributed by atoms with Gasteiger partial charge in [-0.15, -0.1) is 0 Å². The molecule has 1 aromatic rings. The van der Waals surface area contributed by atoms with Gasteiger partial charge in [0.2, 0.25) is 6.29 Å². The van der Waals surface area contributed by atoms with Crippen molar-refractivity contribution in [2.24, 2.45) is 0 Å². The fraction of sp³-hybridized carbons (Fsp3) is 0.273. The Morgan fingerprint density at radius 2 is 2.21 bits per heavy atom. The molecule has 3 nitrogen and oxygen atoms in total. The number of rotatable bonds is 3. The molecule has 0 heterocycles. The van der Waals surface area contributed by atoms with Crippen LogP contribution < -0.4 is 4.74 Å². The highest BCUT2D eigenvalue weighted by Crippen LogP contribution is 2.23. The number of hydrogen-bond donors (Lipinski definition) is 0. The molecule has 0 aliphatic heterocycles. The first-order valence-corrected chi connectivity index (χ1v) is 4.44. The summed E-state index contributed by atoms with van der Waals surface area (Å²) in [5.74, 6) is -0.346. The molecule has 0 aromatic heterocycles. The molecule has 0 aliphatic carbocycles. The molecule has 3 heteroatoms. The summed E-state index contributed by atoms with van der Waals surface area (Å²) in [6.07, 6.45) is 0.940. The van der Waals surface area contributed by atoms with Crippen LogP contribution in [0.4, 0.5) is 0 Å². The lowest BCUT2D eigenvalue weighted by Gasteiger charge is -2.09. The van der Waals surface area contributed by atoms with Crippen molar-refractivity contribution in [3.63, 3.8) is 0 Å². The van der Waals surface area contributed by atoms with Gasteiger partial charge in [-0.2, -0.15) is 0 Å². The Bertz CT molecular complexity index is 356. The Morgan fingerprint density at radius 1 is 1.50 bits per heavy atom. The minimum Gasteiger partial charge on any atom is -0.420 e. The molecule has 0 atom stereocenters. The van der Waals surface area contributed by atoms with Crippen LogP contribution in [0.3, 0.4) is 0 Å². The van der Waals surface area contributed by atoms with Crippen LogP contribution >= 0.6 is 0 Å². The summed E-state index contributed by atoms with van der Waals surface area (Å²) in [5, 5.41) is 0. The first-order chi connectivity index (χ1) is 6.69. The van der Waals surface area contributed by atoms with E-state index in [9.17, 15) is 9.59 Å². The number of hydrogen-bond acceptors (Lipinski definition) is 3. The Balaban J connectivity index is 3.04. The van der Waals surface area contributed by atoms with Crippen LogP contribution in [0.25, 0.3) is 0 Å². The van der Waals surface area contributed by atoms with E-state index in [-0.39, 0.29) is 6.29 Å². The normalized spacial score (nSPS) is 9.57. The molecular formula is C11H12O3. The van der Waals surface area contributed by atoms with Gasteiger partial charge in [-0.1, -0.05) is 25.1 Å². The van der Waals surface area contributed by atoms with E-state index in [0.29, 0.717) is 5.75 Å². The van der Waals surface area contributed by atoms with E-state index in [0.717, 1.165) is 17.5 Å². The van der Waals surface area contributed by atoms with E-state index in [2.05, 4.69) is 0 Å². The molecule has 0 amide bonds. The van der Waals surface area contributed by atoms with E-state index >= 15 is 0 Å². The zero-order chi connectivity index (χ0) is 10.6. The lowest BCUT2D eigenvalue weighted by atomic mass is 10.1. The van der Waals surface area contributed by atoms with Crippen LogP contribution in [0.1, 0.15) is 18.1 Å². The Hall–Kier alpha value is -1.64. The van der Waals surface area contributed by atoms with Crippen molar-refractivity contribution in [3.8, 4) is 5.75 Å². The molecule has 0 radical (unpaired) electrons. The number of para-hydroxylation sites is 1. The average Bonchev–Trinajstić information content (AvgIpc) is 2.20. The van der Waals surface area contributed by atoms with Crippen LogP contribution in [0.5, 0.6) is 5.75 Å². The highest BCUT2D eigenvalue weighted by atomic mass is 16.5. The molecule has 0 spiro atoms. The van der Waals surface area contributed by atoms with E-state index < -0.39 is 5.97 Å². The summed E-state index contributed by atoms with van der Waals surface area (Å²) >= 11 is 0. The van der Waals surface area contributed by atoms with Crippen molar-refractivity contribution in [1.82, 2.24) is 0 Å². The maximum Gasteiger partial charge on any atom is 0.376 e. The van der Waals surface area contributed by atoms with E-state index in [1.807, 2.05) is 32.0 Å². The quantitative estimate of drug-likeness (QED) is 0.316. The monoisotopic (exact) mass is 192 g/mol. The van der Waals surface area contributed by atoms with E-state index in [4.69, 9.17) is 4.74 Å². The van der Waals surface area contributed by atoms with Gasteiger partial charge in [0, 0.05) is 0 Å².